The second-order valence-electron chi connectivity index (χ2n) is 6.57. The zero-order valence-corrected chi connectivity index (χ0v) is 17.9. The van der Waals surface area contributed by atoms with Crippen molar-refractivity contribution in [3.63, 3.8) is 0 Å². The smallest absolute Gasteiger partial charge is 0.242 e. The van der Waals surface area contributed by atoms with E-state index in [2.05, 4.69) is 16.2 Å². The molecule has 0 aromatic heterocycles. The molecule has 1 fully saturated rings. The van der Waals surface area contributed by atoms with Crippen LogP contribution in [-0.4, -0.2) is 56.2 Å². The van der Waals surface area contributed by atoms with E-state index in [-0.39, 0.29) is 24.1 Å². The van der Waals surface area contributed by atoms with E-state index in [4.69, 9.17) is 17.0 Å². The third kappa shape index (κ3) is 6.61. The molecular formula is C18H28N4O4S2. The number of ether oxygens (including phenoxy) is 1. The third-order valence-electron chi connectivity index (χ3n) is 4.67. The summed E-state index contributed by atoms with van der Waals surface area (Å²) in [5.41, 5.74) is 6.40. The highest BCUT2D eigenvalue weighted by Gasteiger charge is 2.31. The summed E-state index contributed by atoms with van der Waals surface area (Å²) in [5, 5.41) is 3.34. The van der Waals surface area contributed by atoms with Crippen LogP contribution >= 0.6 is 12.2 Å². The van der Waals surface area contributed by atoms with Gasteiger partial charge in [0.15, 0.2) is 5.11 Å². The molecule has 3 N–H and O–H groups in total. The number of nitrogens with one attached hydrogen (secondary N) is 3. The van der Waals surface area contributed by atoms with E-state index in [0.29, 0.717) is 31.0 Å². The van der Waals surface area contributed by atoms with Crippen molar-refractivity contribution in [3.8, 4) is 5.75 Å². The molecule has 28 heavy (non-hydrogen) atoms. The van der Waals surface area contributed by atoms with Gasteiger partial charge in [-0.15, -0.1) is 0 Å². The number of sulfonamides is 1. The molecule has 10 heteroatoms. The topological polar surface area (TPSA) is 99.8 Å². The maximum absolute atomic E-state index is 12.3. The second-order valence-corrected chi connectivity index (χ2v) is 9.23. The molecule has 1 saturated heterocycles. The van der Waals surface area contributed by atoms with Gasteiger partial charge in [0.25, 0.3) is 0 Å². The highest BCUT2D eigenvalue weighted by Crippen LogP contribution is 2.19. The Hall–Kier alpha value is -1.91. The lowest BCUT2D eigenvalue weighted by molar-refractivity contribution is -0.126. The van der Waals surface area contributed by atoms with Crippen molar-refractivity contribution in [2.75, 3.05) is 32.5 Å². The fourth-order valence-electron chi connectivity index (χ4n) is 2.97. The number of carbonyl (C=O) groups excluding carboxylic acids is 1. The van der Waals surface area contributed by atoms with Crippen LogP contribution in [-0.2, 0) is 21.2 Å². The first kappa shape index (κ1) is 22.4. The molecule has 1 amide bonds. The average Bonchev–Trinajstić information content (AvgIpc) is 2.72. The lowest BCUT2D eigenvalue weighted by Crippen LogP contribution is -2.52. The molecule has 1 heterocycles. The molecule has 1 aliphatic heterocycles. The molecule has 0 radical (unpaired) electrons. The first-order valence-electron chi connectivity index (χ1n) is 9.30. The van der Waals surface area contributed by atoms with Crippen LogP contribution in [0.15, 0.2) is 24.3 Å². The van der Waals surface area contributed by atoms with Gasteiger partial charge >= 0.3 is 0 Å². The summed E-state index contributed by atoms with van der Waals surface area (Å²) in [4.78, 5) is 12.3. The van der Waals surface area contributed by atoms with E-state index < -0.39 is 10.0 Å². The molecule has 1 atom stereocenters. The Labute approximate surface area is 172 Å². The average molecular weight is 429 g/mol. The van der Waals surface area contributed by atoms with Gasteiger partial charge < -0.3 is 10.1 Å². The Morgan fingerprint density at radius 1 is 1.29 bits per heavy atom. The molecule has 0 spiro atoms. The number of hydrogen-bond acceptors (Lipinski definition) is 5. The summed E-state index contributed by atoms with van der Waals surface area (Å²) in [6.07, 6.45) is 2.09. The number of hydrazine groups is 1. The van der Waals surface area contributed by atoms with Crippen molar-refractivity contribution >= 4 is 33.3 Å². The quantitative estimate of drug-likeness (QED) is 0.436. The number of carbonyl (C=O) groups is 1. The van der Waals surface area contributed by atoms with Crippen molar-refractivity contribution in [1.29, 1.82) is 0 Å². The van der Waals surface area contributed by atoms with Crippen LogP contribution in [0.1, 0.15) is 25.3 Å². The highest BCUT2D eigenvalue weighted by molar-refractivity contribution is 7.89. The molecule has 2 rings (SSSR count). The number of rotatable bonds is 7. The van der Waals surface area contributed by atoms with Crippen LogP contribution < -0.4 is 20.9 Å². The molecule has 0 unspecified atom stereocenters. The number of amides is 1. The zero-order chi connectivity index (χ0) is 20.6. The Bertz CT molecular complexity index is 768. The molecule has 1 aliphatic rings. The number of methoxy groups -OCH3 is 1. The number of piperidine rings is 1. The molecule has 1 aromatic rings. The standard InChI is InChI=1S/C18H28N4O4S2/c1-3-28(24,25)22-12-4-5-15(13-22)17(23)20-21-18(27)19-11-10-14-6-8-16(26-2)9-7-14/h6-9,15H,3-5,10-13H2,1-2H3,(H,20,23)(H2,19,21,27)/t15-/m0/s1. The Kier molecular flexibility index (Phi) is 8.46. The van der Waals surface area contributed by atoms with Gasteiger partial charge in [-0.1, -0.05) is 12.1 Å². The van der Waals surface area contributed by atoms with Gasteiger partial charge in [0.1, 0.15) is 5.75 Å². The predicted octanol–water partition coefficient (Wildman–Crippen LogP) is 0.795. The Balaban J connectivity index is 1.70. The normalized spacial score (nSPS) is 17.6. The van der Waals surface area contributed by atoms with Gasteiger partial charge in [0, 0.05) is 19.6 Å². The van der Waals surface area contributed by atoms with E-state index in [0.717, 1.165) is 17.7 Å². The van der Waals surface area contributed by atoms with Crippen molar-refractivity contribution in [3.05, 3.63) is 29.8 Å². The van der Waals surface area contributed by atoms with Crippen LogP contribution in [0.3, 0.4) is 0 Å². The van der Waals surface area contributed by atoms with Crippen LogP contribution in [0, 0.1) is 5.92 Å². The summed E-state index contributed by atoms with van der Waals surface area (Å²) in [7, 11) is -1.65. The highest BCUT2D eigenvalue weighted by atomic mass is 32.2. The minimum atomic E-state index is -3.27. The molecule has 0 aliphatic carbocycles. The molecule has 1 aromatic carbocycles. The summed E-state index contributed by atoms with van der Waals surface area (Å²) >= 11 is 5.17. The maximum atomic E-state index is 12.3. The first-order valence-corrected chi connectivity index (χ1v) is 11.3. The van der Waals surface area contributed by atoms with Crippen LogP contribution in [0.25, 0.3) is 0 Å². The number of hydrogen-bond donors (Lipinski definition) is 3. The van der Waals surface area contributed by atoms with E-state index >= 15 is 0 Å². The minimum absolute atomic E-state index is 0.0434. The summed E-state index contributed by atoms with van der Waals surface area (Å²) in [6.45, 7) is 2.90. The third-order valence-corrected chi connectivity index (χ3v) is 6.77. The Morgan fingerprint density at radius 2 is 2.00 bits per heavy atom. The van der Waals surface area contributed by atoms with Crippen molar-refractivity contribution in [1.82, 2.24) is 20.5 Å². The van der Waals surface area contributed by atoms with Gasteiger partial charge in [-0.3, -0.25) is 15.6 Å². The van der Waals surface area contributed by atoms with Gasteiger partial charge in [-0.05, 0) is 56.1 Å². The molecule has 0 bridgehead atoms. The summed E-state index contributed by atoms with van der Waals surface area (Å²) < 4.78 is 30.5. The first-order chi connectivity index (χ1) is 13.4. The number of nitrogens with zero attached hydrogens (tertiary/aromatic N) is 1. The largest absolute Gasteiger partial charge is 0.497 e. The van der Waals surface area contributed by atoms with Gasteiger partial charge in [0.05, 0.1) is 18.8 Å². The van der Waals surface area contributed by atoms with Crippen molar-refractivity contribution in [2.24, 2.45) is 5.92 Å². The van der Waals surface area contributed by atoms with Crippen LogP contribution in [0.2, 0.25) is 0 Å². The fourth-order valence-corrected chi connectivity index (χ4v) is 4.30. The Morgan fingerprint density at radius 3 is 2.64 bits per heavy atom. The maximum Gasteiger partial charge on any atom is 0.242 e. The van der Waals surface area contributed by atoms with Gasteiger partial charge in [-0.2, -0.15) is 0 Å². The fraction of sp³-hybridized carbons (Fsp3) is 0.556. The van der Waals surface area contributed by atoms with Crippen molar-refractivity contribution < 1.29 is 17.9 Å². The lowest BCUT2D eigenvalue weighted by Gasteiger charge is -2.30. The van der Waals surface area contributed by atoms with Gasteiger partial charge in [-0.25, -0.2) is 12.7 Å². The van der Waals surface area contributed by atoms with E-state index in [9.17, 15) is 13.2 Å². The van der Waals surface area contributed by atoms with Crippen LogP contribution in [0.5, 0.6) is 5.75 Å². The second kappa shape index (κ2) is 10.6. The monoisotopic (exact) mass is 428 g/mol. The molecule has 0 saturated carbocycles. The van der Waals surface area contributed by atoms with E-state index in [1.807, 2.05) is 24.3 Å². The minimum Gasteiger partial charge on any atom is -0.497 e. The molecule has 8 nitrogen and oxygen atoms in total. The zero-order valence-electron chi connectivity index (χ0n) is 16.2. The number of benzene rings is 1. The van der Waals surface area contributed by atoms with Crippen LogP contribution in [0.4, 0.5) is 0 Å². The summed E-state index contributed by atoms with van der Waals surface area (Å²) in [5.74, 6) is 0.214. The summed E-state index contributed by atoms with van der Waals surface area (Å²) in [6, 6.07) is 7.77. The SMILES string of the molecule is CCS(=O)(=O)N1CCC[C@H](C(=O)NNC(=S)NCCc2ccc(OC)cc2)C1. The molecular weight excluding hydrogens is 400 g/mol. The number of thiocarbonyl (C=S) groups is 1. The van der Waals surface area contributed by atoms with E-state index in [1.165, 1.54) is 4.31 Å². The predicted molar refractivity (Wildman–Crippen MR) is 112 cm³/mol. The van der Waals surface area contributed by atoms with Gasteiger partial charge in [0.2, 0.25) is 15.9 Å². The van der Waals surface area contributed by atoms with E-state index in [1.54, 1.807) is 14.0 Å². The van der Waals surface area contributed by atoms with Crippen molar-refractivity contribution in [2.45, 2.75) is 26.2 Å². The lowest BCUT2D eigenvalue weighted by atomic mass is 9.99. The molecule has 156 valence electrons.